The zero-order valence-electron chi connectivity index (χ0n) is 16.0. The third-order valence-electron chi connectivity index (χ3n) is 5.88. The Morgan fingerprint density at radius 1 is 1.21 bits per heavy atom. The van der Waals surface area contributed by atoms with Crippen molar-refractivity contribution in [3.63, 3.8) is 0 Å². The highest BCUT2D eigenvalue weighted by Gasteiger charge is 2.42. The van der Waals surface area contributed by atoms with Crippen LogP contribution in [-0.4, -0.2) is 38.1 Å². The van der Waals surface area contributed by atoms with Crippen LogP contribution in [0.4, 0.5) is 8.78 Å². The second-order valence-electron chi connectivity index (χ2n) is 7.62. The number of rotatable bonds is 8. The Balaban J connectivity index is 1.50. The minimum Gasteiger partial charge on any atom is -0.493 e. The van der Waals surface area contributed by atoms with Crippen LogP contribution in [0.1, 0.15) is 43.0 Å². The number of hydrogen-bond acceptors (Lipinski definition) is 4. The molecular formula is C20H26F2N2O4. The molecule has 2 aliphatic carbocycles. The molecule has 3 rings (SSSR count). The van der Waals surface area contributed by atoms with E-state index in [-0.39, 0.29) is 35.6 Å². The SMILES string of the molecule is COc1cc(C(=O)NCC(=O)NC(C)C2CC3CCC2C3)ccc1OC(F)F. The number of fused-ring (bicyclic) bond motifs is 2. The van der Waals surface area contributed by atoms with E-state index in [0.29, 0.717) is 11.8 Å². The van der Waals surface area contributed by atoms with Gasteiger partial charge in [-0.15, -0.1) is 0 Å². The fraction of sp³-hybridized carbons (Fsp3) is 0.600. The highest BCUT2D eigenvalue weighted by Crippen LogP contribution is 2.49. The molecule has 0 aromatic heterocycles. The van der Waals surface area contributed by atoms with Crippen molar-refractivity contribution in [1.29, 1.82) is 0 Å². The molecular weight excluding hydrogens is 370 g/mol. The van der Waals surface area contributed by atoms with Gasteiger partial charge in [0.2, 0.25) is 5.91 Å². The lowest BCUT2D eigenvalue weighted by Gasteiger charge is -2.28. The Bertz CT molecular complexity index is 728. The van der Waals surface area contributed by atoms with Gasteiger partial charge in [-0.3, -0.25) is 9.59 Å². The molecule has 1 aromatic rings. The fourth-order valence-corrected chi connectivity index (χ4v) is 4.58. The molecule has 2 bridgehead atoms. The van der Waals surface area contributed by atoms with Gasteiger partial charge >= 0.3 is 6.61 Å². The largest absolute Gasteiger partial charge is 0.493 e. The lowest BCUT2D eigenvalue weighted by molar-refractivity contribution is -0.121. The monoisotopic (exact) mass is 396 g/mol. The lowest BCUT2D eigenvalue weighted by Crippen LogP contribution is -2.44. The summed E-state index contributed by atoms with van der Waals surface area (Å²) in [6, 6.07) is 3.95. The Labute approximate surface area is 163 Å². The molecule has 2 N–H and O–H groups in total. The average Bonchev–Trinajstić information content (AvgIpc) is 3.29. The van der Waals surface area contributed by atoms with Crippen LogP contribution in [0.5, 0.6) is 11.5 Å². The van der Waals surface area contributed by atoms with Crippen LogP contribution >= 0.6 is 0 Å². The van der Waals surface area contributed by atoms with Crippen molar-refractivity contribution in [2.45, 2.75) is 45.3 Å². The zero-order valence-corrected chi connectivity index (χ0v) is 16.0. The molecule has 0 heterocycles. The summed E-state index contributed by atoms with van der Waals surface area (Å²) in [5, 5.41) is 5.53. The minimum absolute atomic E-state index is 0.0160. The van der Waals surface area contributed by atoms with E-state index < -0.39 is 12.5 Å². The van der Waals surface area contributed by atoms with Gasteiger partial charge in [-0.1, -0.05) is 6.42 Å². The molecule has 2 saturated carbocycles. The summed E-state index contributed by atoms with van der Waals surface area (Å²) in [7, 11) is 1.29. The number of carbonyl (C=O) groups is 2. The molecule has 28 heavy (non-hydrogen) atoms. The van der Waals surface area contributed by atoms with Gasteiger partial charge < -0.3 is 20.1 Å². The van der Waals surface area contributed by atoms with Crippen LogP contribution in [0, 0.1) is 17.8 Å². The van der Waals surface area contributed by atoms with Crippen molar-refractivity contribution in [2.24, 2.45) is 17.8 Å². The maximum absolute atomic E-state index is 12.4. The topological polar surface area (TPSA) is 76.7 Å². The number of ether oxygens (including phenoxy) is 2. The number of benzene rings is 1. The van der Waals surface area contributed by atoms with E-state index in [1.165, 1.54) is 51.0 Å². The van der Waals surface area contributed by atoms with Crippen molar-refractivity contribution in [1.82, 2.24) is 10.6 Å². The molecule has 0 aliphatic heterocycles. The predicted molar refractivity (Wildman–Crippen MR) is 98.5 cm³/mol. The van der Waals surface area contributed by atoms with E-state index in [2.05, 4.69) is 15.4 Å². The zero-order chi connectivity index (χ0) is 20.3. The number of hydrogen-bond donors (Lipinski definition) is 2. The molecule has 4 atom stereocenters. The summed E-state index contributed by atoms with van der Waals surface area (Å²) in [5.41, 5.74) is 0.187. The number of halogens is 2. The highest BCUT2D eigenvalue weighted by molar-refractivity contribution is 5.97. The fourth-order valence-electron chi connectivity index (χ4n) is 4.58. The van der Waals surface area contributed by atoms with Gasteiger partial charge in [0, 0.05) is 11.6 Å². The standard InChI is InChI=1S/C20H26F2N2O4/c1-11(15-8-12-3-4-13(15)7-12)24-18(25)10-23-19(26)14-5-6-16(28-20(21)22)17(9-14)27-2/h5-6,9,11-13,15,20H,3-4,7-8,10H2,1-2H3,(H,23,26)(H,24,25). The Kier molecular flexibility index (Phi) is 6.36. The first-order chi connectivity index (χ1) is 13.4. The molecule has 4 unspecified atom stereocenters. The van der Waals surface area contributed by atoms with Gasteiger partial charge in [-0.25, -0.2) is 0 Å². The molecule has 6 nitrogen and oxygen atoms in total. The van der Waals surface area contributed by atoms with E-state index >= 15 is 0 Å². The van der Waals surface area contributed by atoms with Crippen molar-refractivity contribution in [3.8, 4) is 11.5 Å². The summed E-state index contributed by atoms with van der Waals surface area (Å²) in [6.07, 6.45) is 5.00. The quantitative estimate of drug-likeness (QED) is 0.708. The van der Waals surface area contributed by atoms with Gasteiger partial charge in [0.1, 0.15) is 0 Å². The normalized spacial score (nSPS) is 24.1. The van der Waals surface area contributed by atoms with Crippen molar-refractivity contribution in [3.05, 3.63) is 23.8 Å². The predicted octanol–water partition coefficient (Wildman–Crippen LogP) is 2.97. The number of methoxy groups -OCH3 is 1. The smallest absolute Gasteiger partial charge is 0.387 e. The lowest BCUT2D eigenvalue weighted by atomic mass is 9.84. The molecule has 8 heteroatoms. The van der Waals surface area contributed by atoms with E-state index in [1.54, 1.807) is 0 Å². The number of amides is 2. The van der Waals surface area contributed by atoms with Gasteiger partial charge in [0.25, 0.3) is 5.91 Å². The van der Waals surface area contributed by atoms with E-state index in [0.717, 1.165) is 5.92 Å². The summed E-state index contributed by atoms with van der Waals surface area (Å²) in [5.74, 6) is 1.15. The first kappa shape index (κ1) is 20.4. The summed E-state index contributed by atoms with van der Waals surface area (Å²) in [6.45, 7) is -1.12. The van der Waals surface area contributed by atoms with Crippen LogP contribution < -0.4 is 20.1 Å². The molecule has 2 fully saturated rings. The summed E-state index contributed by atoms with van der Waals surface area (Å²) < 4.78 is 34.0. The van der Waals surface area contributed by atoms with Crippen LogP contribution in [-0.2, 0) is 4.79 Å². The highest BCUT2D eigenvalue weighted by atomic mass is 19.3. The molecule has 0 saturated heterocycles. The Morgan fingerprint density at radius 2 is 2.00 bits per heavy atom. The first-order valence-corrected chi connectivity index (χ1v) is 9.57. The van der Waals surface area contributed by atoms with Crippen molar-refractivity contribution < 1.29 is 27.8 Å². The average molecular weight is 396 g/mol. The summed E-state index contributed by atoms with van der Waals surface area (Å²) >= 11 is 0. The molecule has 2 aliphatic rings. The third kappa shape index (κ3) is 4.72. The summed E-state index contributed by atoms with van der Waals surface area (Å²) in [4.78, 5) is 24.5. The number of nitrogens with one attached hydrogen (secondary N) is 2. The molecule has 0 radical (unpaired) electrons. The van der Waals surface area contributed by atoms with E-state index in [9.17, 15) is 18.4 Å². The minimum atomic E-state index is -2.99. The van der Waals surface area contributed by atoms with Crippen molar-refractivity contribution in [2.75, 3.05) is 13.7 Å². The van der Waals surface area contributed by atoms with Crippen LogP contribution in [0.2, 0.25) is 0 Å². The van der Waals surface area contributed by atoms with Crippen LogP contribution in [0.3, 0.4) is 0 Å². The number of alkyl halides is 2. The molecule has 1 aromatic carbocycles. The first-order valence-electron chi connectivity index (χ1n) is 9.57. The molecule has 154 valence electrons. The third-order valence-corrected chi connectivity index (χ3v) is 5.88. The Morgan fingerprint density at radius 3 is 2.61 bits per heavy atom. The van der Waals surface area contributed by atoms with Crippen molar-refractivity contribution >= 4 is 11.8 Å². The van der Waals surface area contributed by atoms with E-state index in [4.69, 9.17) is 4.74 Å². The van der Waals surface area contributed by atoms with Gasteiger partial charge in [-0.05, 0) is 62.1 Å². The maximum atomic E-state index is 12.4. The van der Waals surface area contributed by atoms with Gasteiger partial charge in [0.05, 0.1) is 13.7 Å². The second kappa shape index (κ2) is 8.75. The second-order valence-corrected chi connectivity index (χ2v) is 7.62. The van der Waals surface area contributed by atoms with Gasteiger partial charge in [0.15, 0.2) is 11.5 Å². The van der Waals surface area contributed by atoms with E-state index in [1.807, 2.05) is 6.92 Å². The van der Waals surface area contributed by atoms with Crippen LogP contribution in [0.25, 0.3) is 0 Å². The maximum Gasteiger partial charge on any atom is 0.387 e. The molecule has 0 spiro atoms. The van der Waals surface area contributed by atoms with Gasteiger partial charge in [-0.2, -0.15) is 8.78 Å². The van der Waals surface area contributed by atoms with Crippen LogP contribution in [0.15, 0.2) is 18.2 Å². The number of carbonyl (C=O) groups excluding carboxylic acids is 2. The molecule has 2 amide bonds. The Hall–Kier alpha value is -2.38.